The fourth-order valence-electron chi connectivity index (χ4n) is 2.48. The molecule has 0 aliphatic carbocycles. The molecule has 0 heterocycles. The van der Waals surface area contributed by atoms with E-state index in [2.05, 4.69) is 0 Å². The number of amides is 1. The standard InChI is InChI=1S/C18H20N2O5S/c1-14(15-7-6-8-16(13-15)20(22)23)19(2)18(21)11-12-26(24,25)17-9-4-3-5-10-17/h3-10,13-14H,11-12H2,1-2H3/t14-/m1/s1. The second kappa shape index (κ2) is 8.09. The third-order valence-corrected chi connectivity index (χ3v) is 5.96. The Morgan fingerprint density at radius 1 is 1.15 bits per heavy atom. The third kappa shape index (κ3) is 4.66. The Kier molecular flexibility index (Phi) is 6.10. The molecule has 0 saturated carbocycles. The van der Waals surface area contributed by atoms with E-state index in [0.29, 0.717) is 5.56 Å². The Balaban J connectivity index is 2.05. The first-order valence-electron chi connectivity index (χ1n) is 8.00. The summed E-state index contributed by atoms with van der Waals surface area (Å²) in [4.78, 5) is 24.4. The first-order chi connectivity index (χ1) is 12.2. The number of carbonyl (C=O) groups excluding carboxylic acids is 1. The summed E-state index contributed by atoms with van der Waals surface area (Å²) in [5, 5.41) is 10.9. The van der Waals surface area contributed by atoms with Gasteiger partial charge in [-0.2, -0.15) is 0 Å². The van der Waals surface area contributed by atoms with Crippen LogP contribution in [-0.4, -0.2) is 36.9 Å². The lowest BCUT2D eigenvalue weighted by Gasteiger charge is -2.25. The number of hydrogen-bond donors (Lipinski definition) is 0. The van der Waals surface area contributed by atoms with Crippen molar-refractivity contribution < 1.29 is 18.1 Å². The topological polar surface area (TPSA) is 97.6 Å². The largest absolute Gasteiger partial charge is 0.339 e. The zero-order valence-electron chi connectivity index (χ0n) is 14.5. The molecule has 0 bridgehead atoms. The van der Waals surface area contributed by atoms with Crippen molar-refractivity contribution in [1.82, 2.24) is 4.90 Å². The first-order valence-corrected chi connectivity index (χ1v) is 9.65. The molecule has 2 rings (SSSR count). The minimum Gasteiger partial charge on any atom is -0.339 e. The molecule has 0 fully saturated rings. The molecule has 0 unspecified atom stereocenters. The number of carbonyl (C=O) groups is 1. The highest BCUT2D eigenvalue weighted by Gasteiger charge is 2.22. The number of benzene rings is 2. The molecule has 2 aromatic carbocycles. The lowest BCUT2D eigenvalue weighted by Crippen LogP contribution is -2.31. The maximum atomic E-state index is 12.4. The van der Waals surface area contributed by atoms with E-state index in [4.69, 9.17) is 0 Å². The van der Waals surface area contributed by atoms with Crippen molar-refractivity contribution in [2.24, 2.45) is 0 Å². The van der Waals surface area contributed by atoms with E-state index in [0.717, 1.165) is 0 Å². The molecule has 0 aliphatic heterocycles. The highest BCUT2D eigenvalue weighted by molar-refractivity contribution is 7.91. The van der Waals surface area contributed by atoms with Gasteiger partial charge in [0.15, 0.2) is 9.84 Å². The predicted octanol–water partition coefficient (Wildman–Crippen LogP) is 2.98. The lowest BCUT2D eigenvalue weighted by molar-refractivity contribution is -0.384. The van der Waals surface area contributed by atoms with Crippen molar-refractivity contribution in [2.75, 3.05) is 12.8 Å². The normalized spacial score (nSPS) is 12.4. The third-order valence-electron chi connectivity index (χ3n) is 4.22. The fraction of sp³-hybridized carbons (Fsp3) is 0.278. The highest BCUT2D eigenvalue weighted by atomic mass is 32.2. The number of non-ortho nitro benzene ring substituents is 1. The molecular weight excluding hydrogens is 356 g/mol. The summed E-state index contributed by atoms with van der Waals surface area (Å²) in [6.07, 6.45) is -0.160. The summed E-state index contributed by atoms with van der Waals surface area (Å²) < 4.78 is 24.5. The molecule has 138 valence electrons. The number of hydrogen-bond acceptors (Lipinski definition) is 5. The summed E-state index contributed by atoms with van der Waals surface area (Å²) in [6, 6.07) is 13.6. The molecule has 0 N–H and O–H groups in total. The Morgan fingerprint density at radius 2 is 1.81 bits per heavy atom. The van der Waals surface area contributed by atoms with E-state index >= 15 is 0 Å². The van der Waals surface area contributed by atoms with E-state index in [-0.39, 0.29) is 28.7 Å². The van der Waals surface area contributed by atoms with Gasteiger partial charge in [0.25, 0.3) is 5.69 Å². The molecule has 8 heteroatoms. The van der Waals surface area contributed by atoms with Crippen LogP contribution in [0.5, 0.6) is 0 Å². The zero-order chi connectivity index (χ0) is 19.3. The van der Waals surface area contributed by atoms with Gasteiger partial charge in [0.2, 0.25) is 5.91 Å². The summed E-state index contributed by atoms with van der Waals surface area (Å²) in [5.74, 6) is -0.634. The molecule has 0 spiro atoms. The molecule has 0 saturated heterocycles. The van der Waals surface area contributed by atoms with E-state index in [9.17, 15) is 23.3 Å². The van der Waals surface area contributed by atoms with E-state index in [1.807, 2.05) is 0 Å². The Labute approximate surface area is 152 Å². The number of sulfone groups is 1. The number of nitrogens with zero attached hydrogens (tertiary/aromatic N) is 2. The van der Waals surface area contributed by atoms with Crippen molar-refractivity contribution in [3.8, 4) is 0 Å². The maximum Gasteiger partial charge on any atom is 0.269 e. The van der Waals surface area contributed by atoms with Gasteiger partial charge in [0.1, 0.15) is 0 Å². The first kappa shape index (κ1) is 19.6. The van der Waals surface area contributed by atoms with Crippen LogP contribution in [0.4, 0.5) is 5.69 Å². The highest BCUT2D eigenvalue weighted by Crippen LogP contribution is 2.23. The molecule has 1 atom stereocenters. The van der Waals surface area contributed by atoms with E-state index in [1.54, 1.807) is 44.3 Å². The monoisotopic (exact) mass is 376 g/mol. The smallest absolute Gasteiger partial charge is 0.269 e. The average Bonchev–Trinajstić information content (AvgIpc) is 2.65. The molecule has 0 radical (unpaired) electrons. The van der Waals surface area contributed by atoms with Crippen LogP contribution in [0.15, 0.2) is 59.5 Å². The Hall–Kier alpha value is -2.74. The van der Waals surface area contributed by atoms with Crippen molar-refractivity contribution in [3.05, 3.63) is 70.3 Å². The summed E-state index contributed by atoms with van der Waals surface area (Å²) in [6.45, 7) is 1.74. The summed E-state index contributed by atoms with van der Waals surface area (Å²) in [5.41, 5.74) is 0.558. The molecule has 26 heavy (non-hydrogen) atoms. The van der Waals surface area contributed by atoms with Crippen LogP contribution in [0.1, 0.15) is 24.9 Å². The van der Waals surface area contributed by atoms with Crippen molar-refractivity contribution in [2.45, 2.75) is 24.3 Å². The van der Waals surface area contributed by atoms with Crippen LogP contribution in [0.3, 0.4) is 0 Å². The molecule has 0 aliphatic rings. The minimum atomic E-state index is -3.53. The van der Waals surface area contributed by atoms with Crippen molar-refractivity contribution in [1.29, 1.82) is 0 Å². The number of nitro benzene ring substituents is 1. The van der Waals surface area contributed by atoms with Crippen molar-refractivity contribution >= 4 is 21.4 Å². The summed E-state index contributed by atoms with van der Waals surface area (Å²) >= 11 is 0. The molecule has 1 amide bonds. The quantitative estimate of drug-likeness (QED) is 0.546. The zero-order valence-corrected chi connectivity index (χ0v) is 15.3. The van der Waals surface area contributed by atoms with Gasteiger partial charge < -0.3 is 4.90 Å². The van der Waals surface area contributed by atoms with Gasteiger partial charge in [-0.1, -0.05) is 30.3 Å². The van der Waals surface area contributed by atoms with Gasteiger partial charge in [-0.3, -0.25) is 14.9 Å². The van der Waals surface area contributed by atoms with Crippen LogP contribution in [-0.2, 0) is 14.6 Å². The van der Waals surface area contributed by atoms with Crippen LogP contribution in [0.25, 0.3) is 0 Å². The number of nitro groups is 1. The molecule has 2 aromatic rings. The maximum absolute atomic E-state index is 12.4. The second-order valence-corrected chi connectivity index (χ2v) is 8.02. The Bertz CT molecular complexity index is 897. The van der Waals surface area contributed by atoms with E-state index in [1.165, 1.54) is 29.2 Å². The summed E-state index contributed by atoms with van der Waals surface area (Å²) in [7, 11) is -1.98. The fourth-order valence-corrected chi connectivity index (χ4v) is 3.73. The Morgan fingerprint density at radius 3 is 2.42 bits per heavy atom. The van der Waals surface area contributed by atoms with Crippen LogP contribution >= 0.6 is 0 Å². The SMILES string of the molecule is C[C@H](c1cccc([N+](=O)[O-])c1)N(C)C(=O)CCS(=O)(=O)c1ccccc1. The van der Waals surface area contributed by atoms with Gasteiger partial charge in [-0.05, 0) is 24.6 Å². The second-order valence-electron chi connectivity index (χ2n) is 5.91. The van der Waals surface area contributed by atoms with Crippen molar-refractivity contribution in [3.63, 3.8) is 0 Å². The van der Waals surface area contributed by atoms with E-state index < -0.39 is 20.8 Å². The van der Waals surface area contributed by atoms with Crippen LogP contribution in [0, 0.1) is 10.1 Å². The van der Waals surface area contributed by atoms with Gasteiger partial charge in [-0.25, -0.2) is 8.42 Å². The van der Waals surface area contributed by atoms with Gasteiger partial charge in [0.05, 0.1) is 21.6 Å². The molecule has 7 nitrogen and oxygen atoms in total. The van der Waals surface area contributed by atoms with Gasteiger partial charge in [-0.15, -0.1) is 0 Å². The van der Waals surface area contributed by atoms with Crippen LogP contribution < -0.4 is 0 Å². The lowest BCUT2D eigenvalue weighted by atomic mass is 10.1. The van der Waals surface area contributed by atoms with Crippen LogP contribution in [0.2, 0.25) is 0 Å². The molecular formula is C18H20N2O5S. The molecule has 0 aromatic heterocycles. The minimum absolute atomic E-state index is 0.0538. The van der Waals surface area contributed by atoms with Gasteiger partial charge in [0, 0.05) is 25.6 Å². The number of rotatable bonds is 7. The van der Waals surface area contributed by atoms with Gasteiger partial charge >= 0.3 is 0 Å². The average molecular weight is 376 g/mol. The predicted molar refractivity (Wildman–Crippen MR) is 97.4 cm³/mol.